The van der Waals surface area contributed by atoms with E-state index in [4.69, 9.17) is 50.3 Å². The van der Waals surface area contributed by atoms with Crippen molar-refractivity contribution in [2.24, 2.45) is 62.3 Å². The molecule has 8 rings (SSSR count). The fraction of sp³-hybridized carbons (Fsp3) is 0.951. The van der Waals surface area contributed by atoms with Crippen LogP contribution in [0, 0.1) is 46.3 Å². The summed E-state index contributed by atoms with van der Waals surface area (Å²) in [5.74, 6) is 5.24. The van der Waals surface area contributed by atoms with Crippen LogP contribution in [-0.4, -0.2) is 116 Å². The molecule has 8 aliphatic rings. The first-order chi connectivity index (χ1) is 27.8. The number of nitrogens with two attached hydrogens (primary N) is 1. The van der Waals surface area contributed by atoms with Gasteiger partial charge in [-0.25, -0.2) is 0 Å². The zero-order chi connectivity index (χ0) is 40.6. The molecule has 3 N–H and O–H groups in total. The third-order valence-corrected chi connectivity index (χ3v) is 12.7. The summed E-state index contributed by atoms with van der Waals surface area (Å²) in [4.78, 5) is 28.6. The number of hydrogen-bond acceptors (Lipinski definition) is 11. The molecule has 0 atom stereocenters. The predicted molar refractivity (Wildman–Crippen MR) is 214 cm³/mol. The summed E-state index contributed by atoms with van der Waals surface area (Å²) in [6, 6.07) is 0. The minimum Gasteiger partial charge on any atom is -0.481 e. The highest BCUT2D eigenvalue weighted by atomic mass is 16.5. The van der Waals surface area contributed by atoms with Crippen molar-refractivity contribution in [1.82, 2.24) is 0 Å². The summed E-state index contributed by atoms with van der Waals surface area (Å²) in [6.45, 7) is 7.43. The van der Waals surface area contributed by atoms with Crippen LogP contribution in [0.5, 0.6) is 0 Å². The first kappa shape index (κ1) is 47.2. The van der Waals surface area contributed by atoms with Gasteiger partial charge in [0.25, 0.3) is 0 Å². The quantitative estimate of drug-likeness (QED) is 0.0347. The van der Waals surface area contributed by atoms with Gasteiger partial charge in [-0.15, -0.1) is 0 Å². The third-order valence-electron chi connectivity index (χ3n) is 12.7. The molecule has 0 spiro atoms. The summed E-state index contributed by atoms with van der Waals surface area (Å²) in [5.41, 5.74) is 21.9. The zero-order valence-electron chi connectivity index (χ0n) is 34.4. The number of carboxylic acids is 1. The number of ether oxygens (including phenoxy) is 6. The molecule has 8 bridgehead atoms. The monoisotopic (exact) mass is 806 g/mol. The lowest BCUT2D eigenvalue weighted by Gasteiger charge is -2.56. The second-order valence-electron chi connectivity index (χ2n) is 17.6. The van der Waals surface area contributed by atoms with Gasteiger partial charge in [-0.2, -0.15) is 0 Å². The van der Waals surface area contributed by atoms with E-state index >= 15 is 0 Å². The number of aliphatic carboxylic acids is 1. The Morgan fingerprint density at radius 3 is 1.23 bits per heavy atom. The van der Waals surface area contributed by atoms with E-state index in [1.165, 1.54) is 77.0 Å². The van der Waals surface area contributed by atoms with E-state index in [0.29, 0.717) is 123 Å². The fourth-order valence-electron chi connectivity index (χ4n) is 11.7. The number of hydrogen-bond donors (Lipinski definition) is 2. The van der Waals surface area contributed by atoms with E-state index in [-0.39, 0.29) is 5.41 Å². The van der Waals surface area contributed by atoms with Crippen molar-refractivity contribution in [1.29, 1.82) is 0 Å². The number of Topliss-reactive ketones (excluding diaryl/α,β-unsaturated/α-hetero) is 1. The maximum atomic E-state index is 12.5. The Kier molecular flexibility index (Phi) is 22.0. The van der Waals surface area contributed by atoms with Crippen molar-refractivity contribution in [3.8, 4) is 0 Å². The standard InChI is InChI=1S/C21H35N3O4.C12H18O2.C8H18N4O3/c22-24-23-3-5-27-7-9-28-8-6-26-4-1-2-20(25)16-21-13-17-10-18(14-21)12-19(11-17)15-21;13-11(14)7-12-4-8-1-9(5-12)3-10(2-8)6-12;9-1-3-13-5-7-15-8-6-14-4-2-11-12-10/h17-19H,1-16H2;8-10H,1-7H2,(H,13,14);1-9H2. The predicted octanol–water partition coefficient (Wildman–Crippen LogP) is 7.29. The van der Waals surface area contributed by atoms with E-state index in [9.17, 15) is 9.59 Å². The summed E-state index contributed by atoms with van der Waals surface area (Å²) in [7, 11) is 0. The number of azide groups is 2. The molecule has 16 nitrogen and oxygen atoms in total. The van der Waals surface area contributed by atoms with Gasteiger partial charge in [-0.1, -0.05) is 10.2 Å². The molecule has 324 valence electrons. The Bertz CT molecular complexity index is 1210. The molecule has 57 heavy (non-hydrogen) atoms. The molecule has 16 heteroatoms. The summed E-state index contributed by atoms with van der Waals surface area (Å²) >= 11 is 0. The molecule has 0 aromatic carbocycles. The molecule has 0 radical (unpaired) electrons. The number of carbonyl (C=O) groups excluding carboxylic acids is 1. The van der Waals surface area contributed by atoms with Gasteiger partial charge in [-0.3, -0.25) is 9.59 Å². The maximum absolute atomic E-state index is 12.5. The first-order valence-corrected chi connectivity index (χ1v) is 21.7. The zero-order valence-corrected chi connectivity index (χ0v) is 34.4. The number of nitrogens with zero attached hydrogens (tertiary/aromatic N) is 6. The Balaban J connectivity index is 0.000000209. The van der Waals surface area contributed by atoms with Crippen molar-refractivity contribution in [3.63, 3.8) is 0 Å². The van der Waals surface area contributed by atoms with Crippen LogP contribution in [0.25, 0.3) is 20.9 Å². The minimum absolute atomic E-state index is 0.223. The maximum Gasteiger partial charge on any atom is 0.303 e. The molecule has 0 aromatic rings. The molecule has 0 aliphatic heterocycles. The van der Waals surface area contributed by atoms with E-state index in [1.54, 1.807) is 0 Å². The van der Waals surface area contributed by atoms with Crippen molar-refractivity contribution in [3.05, 3.63) is 20.9 Å². The SMILES string of the molecule is O=C(O)CC12CC3CC(CC(C3)C1)C2.[N-]=[N+]=NCCOCCOCCOCCCC(=O)CC12CC3CC(CC(C3)C1)C2.[N-]=[N+]=NCCOCCOCCOCCN. The van der Waals surface area contributed by atoms with Crippen molar-refractivity contribution >= 4 is 11.8 Å². The highest BCUT2D eigenvalue weighted by Crippen LogP contribution is 2.62. The molecule has 0 aromatic heterocycles. The molecule has 0 unspecified atom stereocenters. The summed E-state index contributed by atoms with van der Waals surface area (Å²) in [5, 5.41) is 15.7. The van der Waals surface area contributed by atoms with Crippen molar-refractivity contribution < 1.29 is 43.1 Å². The number of carbonyl (C=O) groups is 2. The van der Waals surface area contributed by atoms with Crippen LogP contribution in [0.2, 0.25) is 0 Å². The lowest BCUT2D eigenvalue weighted by Crippen LogP contribution is -2.46. The smallest absolute Gasteiger partial charge is 0.303 e. The van der Waals surface area contributed by atoms with Crippen LogP contribution in [0.3, 0.4) is 0 Å². The van der Waals surface area contributed by atoms with Gasteiger partial charge in [0.1, 0.15) is 5.78 Å². The van der Waals surface area contributed by atoms with Gasteiger partial charge in [-0.05, 0) is 141 Å². The topological polar surface area (TPSA) is 233 Å². The van der Waals surface area contributed by atoms with Crippen LogP contribution >= 0.6 is 0 Å². The summed E-state index contributed by atoms with van der Waals surface area (Å²) < 4.78 is 31.6. The number of rotatable bonds is 28. The fourth-order valence-corrected chi connectivity index (χ4v) is 11.7. The number of carboxylic acid groups (broad SMARTS) is 1. The van der Waals surface area contributed by atoms with Gasteiger partial charge in [0.15, 0.2) is 0 Å². The second kappa shape index (κ2) is 26.6. The van der Waals surface area contributed by atoms with E-state index in [2.05, 4.69) is 20.1 Å². The van der Waals surface area contributed by atoms with Crippen LogP contribution in [0.1, 0.15) is 103 Å². The summed E-state index contributed by atoms with van der Waals surface area (Å²) in [6.07, 6.45) is 18.8. The second-order valence-corrected chi connectivity index (χ2v) is 17.6. The normalized spacial score (nSPS) is 29.7. The molecule has 0 amide bonds. The Labute approximate surface area is 339 Å². The number of ketones is 1. The lowest BCUT2D eigenvalue weighted by atomic mass is 9.48. The molecule has 8 aliphatic carbocycles. The highest BCUT2D eigenvalue weighted by molar-refractivity contribution is 5.79. The molecule has 0 heterocycles. The Hall–Kier alpha value is -2.52. The van der Waals surface area contributed by atoms with Gasteiger partial charge in [0.2, 0.25) is 0 Å². The minimum atomic E-state index is -0.577. The van der Waals surface area contributed by atoms with Crippen LogP contribution < -0.4 is 5.73 Å². The van der Waals surface area contributed by atoms with Crippen molar-refractivity contribution in [2.75, 3.05) is 98.9 Å². The molecule has 8 saturated carbocycles. The van der Waals surface area contributed by atoms with Crippen LogP contribution in [0.15, 0.2) is 10.2 Å². The molecule has 0 saturated heterocycles. The van der Waals surface area contributed by atoms with Crippen molar-refractivity contribution in [2.45, 2.75) is 103 Å². The van der Waals surface area contributed by atoms with Gasteiger partial charge in [0.05, 0.1) is 79.1 Å². The van der Waals surface area contributed by atoms with E-state index in [0.717, 1.165) is 48.3 Å². The molecule has 8 fully saturated rings. The van der Waals surface area contributed by atoms with Gasteiger partial charge < -0.3 is 39.3 Å². The lowest BCUT2D eigenvalue weighted by molar-refractivity contribution is -0.145. The largest absolute Gasteiger partial charge is 0.481 e. The average Bonchev–Trinajstić information content (AvgIpc) is 3.14. The third kappa shape index (κ3) is 18.1. The van der Waals surface area contributed by atoms with Crippen LogP contribution in [-0.2, 0) is 38.0 Å². The van der Waals surface area contributed by atoms with Gasteiger partial charge in [0, 0.05) is 48.9 Å². The highest BCUT2D eigenvalue weighted by Gasteiger charge is 2.52. The van der Waals surface area contributed by atoms with E-state index < -0.39 is 5.97 Å². The Morgan fingerprint density at radius 2 is 0.877 bits per heavy atom. The van der Waals surface area contributed by atoms with Crippen LogP contribution in [0.4, 0.5) is 0 Å². The van der Waals surface area contributed by atoms with Gasteiger partial charge >= 0.3 is 5.97 Å². The Morgan fingerprint density at radius 1 is 0.544 bits per heavy atom. The first-order valence-electron chi connectivity index (χ1n) is 21.7. The van der Waals surface area contributed by atoms with E-state index in [1.807, 2.05) is 0 Å². The average molecular weight is 806 g/mol. The molecular formula is C41H71N7O9. The molecular weight excluding hydrogens is 734 g/mol.